The van der Waals surface area contributed by atoms with E-state index in [9.17, 15) is 0 Å². The summed E-state index contributed by atoms with van der Waals surface area (Å²) in [7, 11) is 0. The van der Waals surface area contributed by atoms with Gasteiger partial charge in [-0.05, 0) is 154 Å². The Bertz CT molecular complexity index is 2420. The Hall–Kier alpha value is -5.76. The van der Waals surface area contributed by atoms with E-state index in [2.05, 4.69) is 266 Å². The molecule has 0 fully saturated rings. The van der Waals surface area contributed by atoms with Crippen molar-refractivity contribution in [2.45, 2.75) is 21.3 Å². The van der Waals surface area contributed by atoms with Crippen molar-refractivity contribution < 1.29 is 0 Å². The predicted octanol–water partition coefficient (Wildman–Crippen LogP) is 16.9. The third-order valence-corrected chi connectivity index (χ3v) is 13.0. The smallest absolute Gasteiger partial charge is 0.0462 e. The molecule has 0 aliphatic carbocycles. The molecule has 0 atom stereocenters. The van der Waals surface area contributed by atoms with E-state index in [1.165, 1.54) is 32.0 Å². The van der Waals surface area contributed by atoms with E-state index in [1.807, 2.05) is 0 Å². The molecule has 6 heteroatoms. The molecular weight excluding hydrogens is 829 g/mol. The van der Waals surface area contributed by atoms with Gasteiger partial charge in [0, 0.05) is 55.4 Å². The zero-order chi connectivity index (χ0) is 42.7. The zero-order valence-electron chi connectivity index (χ0n) is 34.8. The van der Waals surface area contributed by atoms with E-state index < -0.39 is 0 Å². The molecule has 8 rings (SSSR count). The average molecular weight is 877 g/mol. The SMILES string of the molecule is CSc1ccc(N(c2ccc(/C=C/c3ccc(-c4ccc(/C=C/c5ccc(N(c6ccc(CS)cc6)c6ccc(CS)cc6)cc5)cc4)cc3)cc2)c2ccc(SC)cc2)cc1. The lowest BCUT2D eigenvalue weighted by Crippen LogP contribution is -2.10. The number of thiol groups is 2. The molecule has 0 saturated heterocycles. The standard InChI is InChI=1S/C56H48N2S4/c1-61-55-35-31-53(32-36-55)58(54-33-37-56(62-2)38-34-54)50-25-13-44(14-26-50)6-4-42-9-21-48(22-10-42)47-19-7-41(8-20-47)3-5-43-11-23-49(24-12-43)57(51-27-15-45(39-59)16-28-51)52-29-17-46(40-60)18-30-52/h3-38,59-60H,39-40H2,1-2H3/b5-3+,6-4+. The summed E-state index contributed by atoms with van der Waals surface area (Å²) in [4.78, 5) is 7.10. The highest BCUT2D eigenvalue weighted by molar-refractivity contribution is 7.98. The van der Waals surface area contributed by atoms with Gasteiger partial charge in [0.05, 0.1) is 0 Å². The topological polar surface area (TPSA) is 6.48 Å². The molecule has 0 N–H and O–H groups in total. The first-order chi connectivity index (χ1) is 30.5. The van der Waals surface area contributed by atoms with Crippen molar-refractivity contribution >= 4 is 107 Å². The minimum atomic E-state index is 0.716. The minimum Gasteiger partial charge on any atom is -0.311 e. The summed E-state index contributed by atoms with van der Waals surface area (Å²) in [6.07, 6.45) is 12.9. The van der Waals surface area contributed by atoms with Gasteiger partial charge < -0.3 is 9.80 Å². The molecule has 8 aromatic carbocycles. The molecular formula is C56H48N2S4. The van der Waals surface area contributed by atoms with Crippen LogP contribution in [0.1, 0.15) is 33.4 Å². The Morgan fingerprint density at radius 3 is 0.790 bits per heavy atom. The Morgan fingerprint density at radius 2 is 0.548 bits per heavy atom. The quantitative estimate of drug-likeness (QED) is 0.0601. The van der Waals surface area contributed by atoms with Crippen LogP contribution in [0.4, 0.5) is 34.1 Å². The monoisotopic (exact) mass is 876 g/mol. The summed E-state index contributed by atoms with van der Waals surface area (Å²) in [5, 5.41) is 0. The summed E-state index contributed by atoms with van der Waals surface area (Å²) in [6, 6.07) is 69.8. The Balaban J connectivity index is 0.909. The first-order valence-electron chi connectivity index (χ1n) is 20.5. The number of nitrogens with zero attached hydrogens (tertiary/aromatic N) is 2. The lowest BCUT2D eigenvalue weighted by atomic mass is 10.0. The number of anilines is 6. The first kappa shape index (κ1) is 42.9. The number of rotatable bonds is 15. The van der Waals surface area contributed by atoms with E-state index >= 15 is 0 Å². The Kier molecular flexibility index (Phi) is 14.4. The van der Waals surface area contributed by atoms with Crippen LogP contribution in [0.5, 0.6) is 0 Å². The molecule has 0 saturated carbocycles. The third kappa shape index (κ3) is 10.6. The number of hydrogen-bond acceptors (Lipinski definition) is 6. The summed E-state index contributed by atoms with van der Waals surface area (Å²) in [6.45, 7) is 0. The third-order valence-electron chi connectivity index (χ3n) is 10.8. The molecule has 0 spiro atoms. The lowest BCUT2D eigenvalue weighted by Gasteiger charge is -2.26. The highest BCUT2D eigenvalue weighted by atomic mass is 32.2. The lowest BCUT2D eigenvalue weighted by molar-refractivity contribution is 1.26. The summed E-state index contributed by atoms with van der Waals surface area (Å²) in [5.41, 5.74) is 16.1. The van der Waals surface area contributed by atoms with E-state index in [-0.39, 0.29) is 0 Å². The van der Waals surface area contributed by atoms with Crippen LogP contribution >= 0.6 is 48.8 Å². The highest BCUT2D eigenvalue weighted by Gasteiger charge is 2.14. The number of hydrogen-bond donors (Lipinski definition) is 2. The second-order valence-electron chi connectivity index (χ2n) is 14.8. The Labute approximate surface area is 386 Å². The molecule has 0 amide bonds. The molecule has 0 heterocycles. The Morgan fingerprint density at radius 1 is 0.323 bits per heavy atom. The van der Waals surface area contributed by atoms with Crippen molar-refractivity contribution in [3.8, 4) is 11.1 Å². The van der Waals surface area contributed by atoms with Gasteiger partial charge >= 0.3 is 0 Å². The van der Waals surface area contributed by atoms with Crippen LogP contribution in [0.2, 0.25) is 0 Å². The van der Waals surface area contributed by atoms with Crippen molar-refractivity contribution in [2.75, 3.05) is 22.3 Å². The molecule has 0 aliphatic heterocycles. The van der Waals surface area contributed by atoms with Crippen molar-refractivity contribution in [1.29, 1.82) is 0 Å². The largest absolute Gasteiger partial charge is 0.311 e. The molecule has 62 heavy (non-hydrogen) atoms. The second kappa shape index (κ2) is 20.9. The maximum Gasteiger partial charge on any atom is 0.0462 e. The fourth-order valence-corrected chi connectivity index (χ4v) is 8.52. The molecule has 8 aromatic rings. The minimum absolute atomic E-state index is 0.716. The fraction of sp³-hybridized carbons (Fsp3) is 0.0714. The molecule has 0 aliphatic rings. The van der Waals surface area contributed by atoms with E-state index in [0.29, 0.717) is 11.5 Å². The van der Waals surface area contributed by atoms with Crippen LogP contribution in [0, 0.1) is 0 Å². The van der Waals surface area contributed by atoms with Crippen molar-refractivity contribution in [1.82, 2.24) is 0 Å². The van der Waals surface area contributed by atoms with Gasteiger partial charge in [0.25, 0.3) is 0 Å². The van der Waals surface area contributed by atoms with Crippen molar-refractivity contribution in [2.24, 2.45) is 0 Å². The van der Waals surface area contributed by atoms with E-state index in [0.717, 1.165) is 56.4 Å². The van der Waals surface area contributed by atoms with Gasteiger partial charge in [-0.1, -0.05) is 121 Å². The number of benzene rings is 8. The number of thioether (sulfide) groups is 2. The molecule has 0 unspecified atom stereocenters. The van der Waals surface area contributed by atoms with Gasteiger partial charge in [-0.3, -0.25) is 0 Å². The summed E-state index contributed by atoms with van der Waals surface area (Å²) < 4.78 is 0. The maximum atomic E-state index is 4.45. The summed E-state index contributed by atoms with van der Waals surface area (Å²) in [5.74, 6) is 1.43. The van der Waals surface area contributed by atoms with Gasteiger partial charge in [0.2, 0.25) is 0 Å². The second-order valence-corrected chi connectivity index (χ2v) is 17.2. The normalized spacial score (nSPS) is 11.4. The van der Waals surface area contributed by atoms with Gasteiger partial charge in [0.15, 0.2) is 0 Å². The zero-order valence-corrected chi connectivity index (χ0v) is 38.2. The van der Waals surface area contributed by atoms with Crippen molar-refractivity contribution in [3.05, 3.63) is 228 Å². The van der Waals surface area contributed by atoms with Crippen LogP contribution in [0.15, 0.2) is 204 Å². The van der Waals surface area contributed by atoms with E-state index in [1.54, 1.807) is 23.5 Å². The molecule has 0 aromatic heterocycles. The van der Waals surface area contributed by atoms with E-state index in [4.69, 9.17) is 0 Å². The molecule has 306 valence electrons. The van der Waals surface area contributed by atoms with Crippen LogP contribution in [-0.2, 0) is 11.5 Å². The van der Waals surface area contributed by atoms with Crippen LogP contribution in [-0.4, -0.2) is 12.5 Å². The molecule has 2 nitrogen and oxygen atoms in total. The maximum absolute atomic E-state index is 4.45. The average Bonchev–Trinajstić information content (AvgIpc) is 3.35. The molecule has 0 bridgehead atoms. The van der Waals surface area contributed by atoms with Crippen molar-refractivity contribution in [3.63, 3.8) is 0 Å². The van der Waals surface area contributed by atoms with Gasteiger partial charge in [-0.25, -0.2) is 0 Å². The van der Waals surface area contributed by atoms with Crippen LogP contribution in [0.3, 0.4) is 0 Å². The fourth-order valence-electron chi connectivity index (χ4n) is 7.29. The van der Waals surface area contributed by atoms with Gasteiger partial charge in [0.1, 0.15) is 0 Å². The van der Waals surface area contributed by atoms with Crippen LogP contribution in [0.25, 0.3) is 35.4 Å². The van der Waals surface area contributed by atoms with Gasteiger partial charge in [-0.2, -0.15) is 25.3 Å². The van der Waals surface area contributed by atoms with Gasteiger partial charge in [-0.15, -0.1) is 23.5 Å². The van der Waals surface area contributed by atoms with Crippen LogP contribution < -0.4 is 9.80 Å². The highest BCUT2D eigenvalue weighted by Crippen LogP contribution is 2.38. The molecule has 0 radical (unpaired) electrons. The summed E-state index contributed by atoms with van der Waals surface area (Å²) >= 11 is 12.4. The first-order valence-corrected chi connectivity index (χ1v) is 24.3. The predicted molar refractivity (Wildman–Crippen MR) is 281 cm³/mol.